The summed E-state index contributed by atoms with van der Waals surface area (Å²) in [4.78, 5) is 0. The molecule has 0 aromatic heterocycles. The normalized spacial score (nSPS) is 10.2. The lowest BCUT2D eigenvalue weighted by Crippen LogP contribution is -2.10. The Morgan fingerprint density at radius 1 is 1.21 bits per heavy atom. The Bertz CT molecular complexity index is 599. The fraction of sp³-hybridized carbons (Fsp3) is 0.0714. The third-order valence-corrected chi connectivity index (χ3v) is 2.85. The van der Waals surface area contributed by atoms with Crippen molar-refractivity contribution in [3.05, 3.63) is 64.4 Å². The lowest BCUT2D eigenvalue weighted by Gasteiger charge is -2.09. The van der Waals surface area contributed by atoms with Crippen molar-refractivity contribution < 1.29 is 9.13 Å². The van der Waals surface area contributed by atoms with Crippen LogP contribution in [0.5, 0.6) is 5.75 Å². The third-order valence-electron chi connectivity index (χ3n) is 2.55. The lowest BCUT2D eigenvalue weighted by molar-refractivity contribution is 0.306. The fourth-order valence-electron chi connectivity index (χ4n) is 1.53. The molecule has 2 aromatic carbocycles. The quantitative estimate of drug-likeness (QED) is 0.666. The first-order valence-electron chi connectivity index (χ1n) is 5.57. The molecule has 0 unspecified atom stereocenters. The Labute approximate surface area is 115 Å². The van der Waals surface area contributed by atoms with Gasteiger partial charge in [0, 0.05) is 5.56 Å². The van der Waals surface area contributed by atoms with Crippen molar-refractivity contribution in [2.45, 2.75) is 6.61 Å². The monoisotopic (exact) mass is 278 g/mol. The van der Waals surface area contributed by atoms with E-state index in [0.717, 1.165) is 5.56 Å². The molecule has 0 fully saturated rings. The van der Waals surface area contributed by atoms with Gasteiger partial charge in [0.05, 0.1) is 5.02 Å². The number of halogens is 2. The van der Waals surface area contributed by atoms with E-state index in [2.05, 4.69) is 0 Å². The Kier molecular flexibility index (Phi) is 4.02. The Hall–Kier alpha value is -2.07. The van der Waals surface area contributed by atoms with Gasteiger partial charge >= 0.3 is 0 Å². The van der Waals surface area contributed by atoms with Gasteiger partial charge in [0.15, 0.2) is 0 Å². The average molecular weight is 279 g/mol. The van der Waals surface area contributed by atoms with Gasteiger partial charge in [-0.3, -0.25) is 5.41 Å². The summed E-state index contributed by atoms with van der Waals surface area (Å²) in [6.07, 6.45) is 0. The molecule has 0 saturated heterocycles. The minimum absolute atomic E-state index is 0.0491. The van der Waals surface area contributed by atoms with Crippen molar-refractivity contribution in [3.63, 3.8) is 0 Å². The molecular weight excluding hydrogens is 267 g/mol. The van der Waals surface area contributed by atoms with Gasteiger partial charge in [0.1, 0.15) is 24.0 Å². The number of hydrogen-bond donors (Lipinski definition) is 2. The minimum atomic E-state index is -0.285. The number of nitrogens with one attached hydrogen (secondary N) is 1. The standard InChI is InChI=1S/C14H12ClFN2O/c15-12-7-10(14(17)18)3-6-13(12)19-8-9-1-4-11(16)5-2-9/h1-7H,8H2,(H3,17,18). The van der Waals surface area contributed by atoms with Crippen molar-refractivity contribution >= 4 is 17.4 Å². The molecule has 0 aliphatic heterocycles. The van der Waals surface area contributed by atoms with Crippen molar-refractivity contribution in [1.29, 1.82) is 5.41 Å². The number of ether oxygens (including phenoxy) is 1. The number of benzene rings is 2. The molecule has 0 spiro atoms. The Morgan fingerprint density at radius 2 is 1.89 bits per heavy atom. The summed E-state index contributed by atoms with van der Waals surface area (Å²) >= 11 is 6.03. The van der Waals surface area contributed by atoms with Crippen LogP contribution in [0.2, 0.25) is 5.02 Å². The highest BCUT2D eigenvalue weighted by Crippen LogP contribution is 2.26. The van der Waals surface area contributed by atoms with Gasteiger partial charge < -0.3 is 10.5 Å². The molecule has 0 amide bonds. The summed E-state index contributed by atoms with van der Waals surface area (Å²) in [5, 5.41) is 7.69. The molecule has 3 N–H and O–H groups in total. The molecule has 3 nitrogen and oxygen atoms in total. The van der Waals surface area contributed by atoms with Crippen LogP contribution in [0.4, 0.5) is 4.39 Å². The summed E-state index contributed by atoms with van der Waals surface area (Å²) in [6.45, 7) is 0.291. The second-order valence-electron chi connectivity index (χ2n) is 3.97. The second-order valence-corrected chi connectivity index (χ2v) is 4.38. The Morgan fingerprint density at radius 3 is 2.47 bits per heavy atom. The largest absolute Gasteiger partial charge is 0.487 e. The molecule has 5 heteroatoms. The van der Waals surface area contributed by atoms with Crippen LogP contribution in [0.15, 0.2) is 42.5 Å². The first kappa shape index (κ1) is 13.4. The zero-order chi connectivity index (χ0) is 13.8. The van der Waals surface area contributed by atoms with E-state index in [9.17, 15) is 4.39 Å². The van der Waals surface area contributed by atoms with Crippen LogP contribution < -0.4 is 10.5 Å². The summed E-state index contributed by atoms with van der Waals surface area (Å²) < 4.78 is 18.3. The van der Waals surface area contributed by atoms with Crippen LogP contribution in [-0.2, 0) is 6.61 Å². The molecule has 0 heterocycles. The fourth-order valence-corrected chi connectivity index (χ4v) is 1.76. The van der Waals surface area contributed by atoms with E-state index in [4.69, 9.17) is 27.5 Å². The number of amidine groups is 1. The molecule has 2 aromatic rings. The maximum Gasteiger partial charge on any atom is 0.138 e. The number of nitrogens with two attached hydrogens (primary N) is 1. The molecule has 0 bridgehead atoms. The van der Waals surface area contributed by atoms with Gasteiger partial charge in [-0.15, -0.1) is 0 Å². The van der Waals surface area contributed by atoms with E-state index < -0.39 is 0 Å². The summed E-state index contributed by atoms with van der Waals surface area (Å²) in [5.74, 6) is 0.163. The summed E-state index contributed by atoms with van der Waals surface area (Å²) in [7, 11) is 0. The van der Waals surface area contributed by atoms with E-state index in [-0.39, 0.29) is 11.7 Å². The van der Waals surface area contributed by atoms with Gasteiger partial charge in [-0.05, 0) is 35.9 Å². The SMILES string of the molecule is N=C(N)c1ccc(OCc2ccc(F)cc2)c(Cl)c1. The predicted molar refractivity (Wildman–Crippen MR) is 73.2 cm³/mol. The van der Waals surface area contributed by atoms with Crippen LogP contribution >= 0.6 is 11.6 Å². The molecule has 0 aliphatic carbocycles. The van der Waals surface area contributed by atoms with Crippen molar-refractivity contribution in [2.75, 3.05) is 0 Å². The van der Waals surface area contributed by atoms with Crippen LogP contribution in [0.3, 0.4) is 0 Å². The zero-order valence-corrected chi connectivity index (χ0v) is 10.7. The van der Waals surface area contributed by atoms with Gasteiger partial charge in [0.2, 0.25) is 0 Å². The molecule has 0 radical (unpaired) electrons. The molecule has 2 rings (SSSR count). The van der Waals surface area contributed by atoms with E-state index in [0.29, 0.717) is 22.9 Å². The number of hydrogen-bond acceptors (Lipinski definition) is 2. The third kappa shape index (κ3) is 3.45. The molecular formula is C14H12ClFN2O. The van der Waals surface area contributed by atoms with E-state index in [1.165, 1.54) is 12.1 Å². The maximum atomic E-state index is 12.7. The Balaban J connectivity index is 2.07. The van der Waals surface area contributed by atoms with Gasteiger partial charge in [-0.1, -0.05) is 23.7 Å². The molecule has 98 valence electrons. The maximum absolute atomic E-state index is 12.7. The molecule has 0 atom stereocenters. The number of nitrogen functional groups attached to an aromatic ring is 1. The first-order chi connectivity index (χ1) is 9.06. The summed E-state index contributed by atoms with van der Waals surface area (Å²) in [5.41, 5.74) is 6.74. The predicted octanol–water partition coefficient (Wildman–Crippen LogP) is 3.34. The van der Waals surface area contributed by atoms with Gasteiger partial charge in [0.25, 0.3) is 0 Å². The van der Waals surface area contributed by atoms with E-state index in [1.807, 2.05) is 0 Å². The van der Waals surface area contributed by atoms with Crippen LogP contribution in [0.1, 0.15) is 11.1 Å². The highest BCUT2D eigenvalue weighted by atomic mass is 35.5. The molecule has 19 heavy (non-hydrogen) atoms. The van der Waals surface area contributed by atoms with Crippen LogP contribution in [0, 0.1) is 11.2 Å². The molecule has 0 aliphatic rings. The lowest BCUT2D eigenvalue weighted by atomic mass is 10.2. The molecule has 0 saturated carbocycles. The van der Waals surface area contributed by atoms with Gasteiger partial charge in [-0.25, -0.2) is 4.39 Å². The zero-order valence-electron chi connectivity index (χ0n) is 9.99. The van der Waals surface area contributed by atoms with Crippen LogP contribution in [-0.4, -0.2) is 5.84 Å². The number of rotatable bonds is 4. The van der Waals surface area contributed by atoms with Gasteiger partial charge in [-0.2, -0.15) is 0 Å². The highest BCUT2D eigenvalue weighted by Gasteiger charge is 2.05. The topological polar surface area (TPSA) is 59.1 Å². The minimum Gasteiger partial charge on any atom is -0.487 e. The smallest absolute Gasteiger partial charge is 0.138 e. The van der Waals surface area contributed by atoms with Crippen LogP contribution in [0.25, 0.3) is 0 Å². The van der Waals surface area contributed by atoms with E-state index in [1.54, 1.807) is 30.3 Å². The van der Waals surface area contributed by atoms with Crippen molar-refractivity contribution in [2.24, 2.45) is 5.73 Å². The van der Waals surface area contributed by atoms with E-state index >= 15 is 0 Å². The average Bonchev–Trinajstić information content (AvgIpc) is 2.39. The first-order valence-corrected chi connectivity index (χ1v) is 5.95. The second kappa shape index (κ2) is 5.71. The van der Waals surface area contributed by atoms with Crippen molar-refractivity contribution in [3.8, 4) is 5.75 Å². The van der Waals surface area contributed by atoms with Crippen molar-refractivity contribution in [1.82, 2.24) is 0 Å². The summed E-state index contributed by atoms with van der Waals surface area (Å²) in [6, 6.07) is 10.9. The highest BCUT2D eigenvalue weighted by molar-refractivity contribution is 6.32.